The summed E-state index contributed by atoms with van der Waals surface area (Å²) in [5.41, 5.74) is 0.745. The molecule has 0 fully saturated rings. The third kappa shape index (κ3) is 6.61. The van der Waals surface area contributed by atoms with Gasteiger partial charge in [-0.3, -0.25) is 0 Å². The second-order valence-electron chi connectivity index (χ2n) is 5.21. The highest BCUT2D eigenvalue weighted by atomic mass is 35.5. The molecule has 0 amide bonds. The van der Waals surface area contributed by atoms with Gasteiger partial charge in [0.05, 0.1) is 12.3 Å². The van der Waals surface area contributed by atoms with Crippen LogP contribution < -0.4 is 10.6 Å². The first kappa shape index (κ1) is 20.8. The van der Waals surface area contributed by atoms with Crippen LogP contribution in [0.3, 0.4) is 0 Å². The predicted molar refractivity (Wildman–Crippen MR) is 94.8 cm³/mol. The Kier molecular flexibility index (Phi) is 7.25. The average molecular weight is 404 g/mol. The Morgan fingerprint density at radius 2 is 2.11 bits per heavy atom. The molecule has 0 saturated carbocycles. The third-order valence-corrected chi connectivity index (χ3v) is 3.33. The summed E-state index contributed by atoms with van der Waals surface area (Å²) in [5, 5.41) is 13.8. The Morgan fingerprint density at radius 1 is 1.33 bits per heavy atom. The summed E-state index contributed by atoms with van der Waals surface area (Å²) in [7, 11) is 0. The summed E-state index contributed by atoms with van der Waals surface area (Å²) < 4.78 is 41.0. The van der Waals surface area contributed by atoms with Crippen LogP contribution in [0.5, 0.6) is 0 Å². The van der Waals surface area contributed by atoms with Crippen LogP contribution >= 0.6 is 11.6 Å². The Morgan fingerprint density at radius 3 is 2.74 bits per heavy atom. The van der Waals surface area contributed by atoms with E-state index >= 15 is 0 Å². The minimum atomic E-state index is -4.39. The van der Waals surface area contributed by atoms with Gasteiger partial charge in [0.2, 0.25) is 5.28 Å². The van der Waals surface area contributed by atoms with Gasteiger partial charge < -0.3 is 20.8 Å². The maximum atomic E-state index is 12.1. The lowest BCUT2D eigenvalue weighted by Crippen LogP contribution is -2.21. The molecule has 12 heteroatoms. The van der Waals surface area contributed by atoms with E-state index in [1.165, 1.54) is 12.5 Å². The maximum absolute atomic E-state index is 12.1. The summed E-state index contributed by atoms with van der Waals surface area (Å²) in [6, 6.07) is 1.59. The van der Waals surface area contributed by atoms with Crippen molar-refractivity contribution in [2.24, 2.45) is 0 Å². The van der Waals surface area contributed by atoms with Gasteiger partial charge in [-0.1, -0.05) is 6.92 Å². The molecule has 0 aliphatic carbocycles. The predicted octanol–water partition coefficient (Wildman–Crippen LogP) is 3.43. The Hall–Kier alpha value is -2.53. The van der Waals surface area contributed by atoms with E-state index in [-0.39, 0.29) is 35.7 Å². The Balaban J connectivity index is 2.21. The molecule has 0 spiro atoms. The zero-order valence-corrected chi connectivity index (χ0v) is 15.0. The van der Waals surface area contributed by atoms with E-state index in [1.54, 1.807) is 13.0 Å². The van der Waals surface area contributed by atoms with Gasteiger partial charge in [0.1, 0.15) is 30.1 Å². The van der Waals surface area contributed by atoms with Gasteiger partial charge in [0.15, 0.2) is 5.82 Å². The highest BCUT2D eigenvalue weighted by Gasteiger charge is 2.27. The summed E-state index contributed by atoms with van der Waals surface area (Å²) in [6.45, 7) is 0.277. The maximum Gasteiger partial charge on any atom is 0.411 e. The molecular weight excluding hydrogens is 387 g/mol. The minimum absolute atomic E-state index is 0.0452. The number of alkyl halides is 3. The molecule has 0 radical (unpaired) electrons. The number of hydrogen-bond acceptors (Lipinski definition) is 8. The van der Waals surface area contributed by atoms with Gasteiger partial charge in [-0.05, 0) is 24.1 Å². The minimum Gasteiger partial charge on any atom is -0.378 e. The SMILES string of the molecule is CCC(=N)c1nc(Cl)nc(Nc2ccncn2)c1NCCOCC(F)(F)F. The molecule has 0 atom stereocenters. The highest BCUT2D eigenvalue weighted by Crippen LogP contribution is 2.28. The van der Waals surface area contributed by atoms with E-state index in [0.29, 0.717) is 17.9 Å². The normalized spacial score (nSPS) is 11.3. The van der Waals surface area contributed by atoms with Crippen LogP contribution in [-0.2, 0) is 4.74 Å². The van der Waals surface area contributed by atoms with E-state index in [4.69, 9.17) is 17.0 Å². The molecule has 2 aromatic rings. The molecule has 0 unspecified atom stereocenters. The molecule has 0 aliphatic rings. The van der Waals surface area contributed by atoms with Crippen molar-refractivity contribution in [3.8, 4) is 0 Å². The van der Waals surface area contributed by atoms with Gasteiger partial charge in [-0.25, -0.2) is 15.0 Å². The number of hydrogen-bond donors (Lipinski definition) is 3. The molecular formula is C15H17ClF3N7O. The van der Waals surface area contributed by atoms with Gasteiger partial charge >= 0.3 is 6.18 Å². The van der Waals surface area contributed by atoms with Crippen LogP contribution in [0.15, 0.2) is 18.6 Å². The number of ether oxygens (including phenoxy) is 1. The van der Waals surface area contributed by atoms with Gasteiger partial charge in [0.25, 0.3) is 0 Å². The van der Waals surface area contributed by atoms with Crippen LogP contribution in [0.4, 0.5) is 30.5 Å². The average Bonchev–Trinajstić information content (AvgIpc) is 2.61. The lowest BCUT2D eigenvalue weighted by atomic mass is 10.1. The molecule has 0 bridgehead atoms. The molecule has 27 heavy (non-hydrogen) atoms. The quantitative estimate of drug-likeness (QED) is 0.334. The smallest absolute Gasteiger partial charge is 0.378 e. The van der Waals surface area contributed by atoms with Crippen molar-refractivity contribution in [3.05, 3.63) is 29.6 Å². The fourth-order valence-corrected chi connectivity index (χ4v) is 2.17. The van der Waals surface area contributed by atoms with E-state index in [1.807, 2.05) is 0 Å². The Bertz CT molecular complexity index is 774. The first-order valence-corrected chi connectivity index (χ1v) is 8.24. The van der Waals surface area contributed by atoms with Crippen LogP contribution in [-0.4, -0.2) is 51.6 Å². The number of nitrogens with zero attached hydrogens (tertiary/aromatic N) is 4. The topological polar surface area (TPSA) is 109 Å². The van der Waals surface area contributed by atoms with Crippen LogP contribution in [0.2, 0.25) is 5.28 Å². The lowest BCUT2D eigenvalue weighted by Gasteiger charge is -2.17. The molecule has 146 valence electrons. The number of aromatic nitrogens is 4. The fourth-order valence-electron chi connectivity index (χ4n) is 2.00. The van der Waals surface area contributed by atoms with Crippen LogP contribution in [0, 0.1) is 5.41 Å². The zero-order chi connectivity index (χ0) is 19.9. The summed E-state index contributed by atoms with van der Waals surface area (Å²) in [5.74, 6) is 0.655. The van der Waals surface area contributed by atoms with Crippen molar-refractivity contribution in [2.75, 3.05) is 30.4 Å². The molecule has 0 aliphatic heterocycles. The van der Waals surface area contributed by atoms with Crippen molar-refractivity contribution < 1.29 is 17.9 Å². The van der Waals surface area contributed by atoms with Gasteiger partial charge in [-0.2, -0.15) is 18.2 Å². The van der Waals surface area contributed by atoms with Gasteiger partial charge in [-0.15, -0.1) is 0 Å². The first-order valence-electron chi connectivity index (χ1n) is 7.87. The van der Waals surface area contributed by atoms with Crippen molar-refractivity contribution >= 4 is 34.6 Å². The molecule has 0 aromatic carbocycles. The largest absolute Gasteiger partial charge is 0.411 e. The summed E-state index contributed by atoms with van der Waals surface area (Å²) in [4.78, 5) is 16.0. The van der Waals surface area contributed by atoms with E-state index in [2.05, 4.69) is 35.3 Å². The molecule has 2 rings (SSSR count). The van der Waals surface area contributed by atoms with E-state index in [9.17, 15) is 13.2 Å². The highest BCUT2D eigenvalue weighted by molar-refractivity contribution is 6.28. The van der Waals surface area contributed by atoms with Crippen LogP contribution in [0.1, 0.15) is 19.0 Å². The molecule has 2 heterocycles. The van der Waals surface area contributed by atoms with Gasteiger partial charge in [0, 0.05) is 12.7 Å². The van der Waals surface area contributed by atoms with Crippen LogP contribution in [0.25, 0.3) is 0 Å². The number of halogens is 4. The number of nitrogens with one attached hydrogen (secondary N) is 3. The monoisotopic (exact) mass is 403 g/mol. The van der Waals surface area contributed by atoms with Crippen molar-refractivity contribution in [1.82, 2.24) is 19.9 Å². The lowest BCUT2D eigenvalue weighted by molar-refractivity contribution is -0.172. The van der Waals surface area contributed by atoms with E-state index < -0.39 is 12.8 Å². The summed E-state index contributed by atoms with van der Waals surface area (Å²) in [6.07, 6.45) is -1.17. The molecule has 8 nitrogen and oxygen atoms in total. The van der Waals surface area contributed by atoms with Crippen molar-refractivity contribution in [3.63, 3.8) is 0 Å². The second-order valence-corrected chi connectivity index (χ2v) is 5.55. The number of rotatable bonds is 9. The number of anilines is 3. The first-order chi connectivity index (χ1) is 12.8. The molecule has 3 N–H and O–H groups in total. The fraction of sp³-hybridized carbons (Fsp3) is 0.400. The van der Waals surface area contributed by atoms with Crippen molar-refractivity contribution in [1.29, 1.82) is 5.41 Å². The molecule has 2 aromatic heterocycles. The Labute approximate surface area is 158 Å². The van der Waals surface area contributed by atoms with E-state index in [0.717, 1.165) is 0 Å². The summed E-state index contributed by atoms with van der Waals surface area (Å²) >= 11 is 5.95. The standard InChI is InChI=1S/C15H17ClF3N7O/c1-2-9(20)11-12(22-5-6-27-7-15(17,18)19)13(26-14(16)25-11)24-10-3-4-21-8-23-10/h3-4,8,20,22H,2,5-7H2,1H3,(H,21,23,24,25,26). The molecule has 0 saturated heterocycles. The second kappa shape index (κ2) is 9.42. The zero-order valence-electron chi connectivity index (χ0n) is 14.3. The van der Waals surface area contributed by atoms with Crippen molar-refractivity contribution in [2.45, 2.75) is 19.5 Å². The third-order valence-electron chi connectivity index (χ3n) is 3.16.